The molecular weight excluding hydrogens is 292 g/mol. The van der Waals surface area contributed by atoms with Crippen LogP contribution in [0, 0.1) is 6.92 Å². The van der Waals surface area contributed by atoms with Crippen LogP contribution in [0.3, 0.4) is 0 Å². The smallest absolute Gasteiger partial charge is 0.253 e. The van der Waals surface area contributed by atoms with Gasteiger partial charge >= 0.3 is 0 Å². The topological polar surface area (TPSA) is 60.5 Å². The van der Waals surface area contributed by atoms with Crippen LogP contribution < -0.4 is 14.8 Å². The first-order valence-corrected chi connectivity index (χ1v) is 7.59. The van der Waals surface area contributed by atoms with Crippen LogP contribution in [0.15, 0.2) is 36.5 Å². The molecular formula is C18H22N2O3. The first kappa shape index (κ1) is 16.8. The van der Waals surface area contributed by atoms with Crippen molar-refractivity contribution < 1.29 is 14.3 Å². The molecule has 0 bridgehead atoms. The summed E-state index contributed by atoms with van der Waals surface area (Å²) in [4.78, 5) is 16.5. The predicted molar refractivity (Wildman–Crippen MR) is 89.0 cm³/mol. The quantitative estimate of drug-likeness (QED) is 0.889. The molecule has 2 aromatic rings. The molecule has 1 aromatic heterocycles. The zero-order valence-electron chi connectivity index (χ0n) is 13.9. The molecule has 0 saturated carbocycles. The van der Waals surface area contributed by atoms with Gasteiger partial charge in [0, 0.05) is 17.8 Å². The minimum absolute atomic E-state index is 0.177. The second-order valence-electron chi connectivity index (χ2n) is 5.26. The number of pyridine rings is 1. The number of carbonyl (C=O) groups excluding carboxylic acids is 1. The van der Waals surface area contributed by atoms with Crippen LogP contribution in [-0.2, 0) is 0 Å². The Bertz CT molecular complexity index is 668. The maximum absolute atomic E-state index is 12.3. The van der Waals surface area contributed by atoms with Crippen LogP contribution in [0.25, 0.3) is 0 Å². The minimum Gasteiger partial charge on any atom is -0.496 e. The third-order valence-electron chi connectivity index (χ3n) is 3.49. The highest BCUT2D eigenvalue weighted by Gasteiger charge is 2.15. The average Bonchev–Trinajstić information content (AvgIpc) is 2.55. The summed E-state index contributed by atoms with van der Waals surface area (Å²) in [7, 11) is 1.62. The van der Waals surface area contributed by atoms with Gasteiger partial charge in [-0.2, -0.15) is 0 Å². The number of nitrogens with zero attached hydrogens (tertiary/aromatic N) is 1. The fourth-order valence-corrected chi connectivity index (χ4v) is 2.30. The third-order valence-corrected chi connectivity index (χ3v) is 3.49. The van der Waals surface area contributed by atoms with Crippen molar-refractivity contribution in [1.29, 1.82) is 0 Å². The summed E-state index contributed by atoms with van der Waals surface area (Å²) in [6.07, 6.45) is 1.51. The van der Waals surface area contributed by atoms with Gasteiger partial charge in [-0.05, 0) is 32.9 Å². The van der Waals surface area contributed by atoms with Crippen molar-refractivity contribution in [2.75, 3.05) is 13.7 Å². The molecule has 1 N–H and O–H groups in total. The van der Waals surface area contributed by atoms with Gasteiger partial charge in [-0.1, -0.05) is 17.7 Å². The number of benzene rings is 1. The SMILES string of the molecule is CCOc1ccc(C(=O)N[C@@H](C)c2cc(C)ccc2OC)cn1. The lowest BCUT2D eigenvalue weighted by atomic mass is 10.0. The number of hydrogen-bond donors (Lipinski definition) is 1. The Morgan fingerprint density at radius 2 is 2.09 bits per heavy atom. The van der Waals surface area contributed by atoms with Crippen molar-refractivity contribution in [3.05, 3.63) is 53.2 Å². The van der Waals surface area contributed by atoms with Crippen LogP contribution in [0.2, 0.25) is 0 Å². The number of nitrogens with one attached hydrogen (secondary N) is 1. The predicted octanol–water partition coefficient (Wildman–Crippen LogP) is 3.29. The third kappa shape index (κ3) is 4.22. The molecule has 1 atom stereocenters. The minimum atomic E-state index is -0.184. The van der Waals surface area contributed by atoms with E-state index in [-0.39, 0.29) is 11.9 Å². The second-order valence-corrected chi connectivity index (χ2v) is 5.26. The van der Waals surface area contributed by atoms with E-state index in [2.05, 4.69) is 10.3 Å². The van der Waals surface area contributed by atoms with Crippen LogP contribution in [0.5, 0.6) is 11.6 Å². The number of rotatable bonds is 6. The molecule has 0 fully saturated rings. The Kier molecular flexibility index (Phi) is 5.57. The summed E-state index contributed by atoms with van der Waals surface area (Å²) in [5, 5.41) is 2.97. The van der Waals surface area contributed by atoms with Crippen molar-refractivity contribution in [3.8, 4) is 11.6 Å². The number of aromatic nitrogens is 1. The molecule has 0 saturated heterocycles. The molecule has 0 spiro atoms. The van der Waals surface area contributed by atoms with Gasteiger partial charge in [0.2, 0.25) is 5.88 Å². The lowest BCUT2D eigenvalue weighted by Gasteiger charge is -2.18. The van der Waals surface area contributed by atoms with E-state index in [4.69, 9.17) is 9.47 Å². The summed E-state index contributed by atoms with van der Waals surface area (Å²) in [5.41, 5.74) is 2.55. The summed E-state index contributed by atoms with van der Waals surface area (Å²) >= 11 is 0. The maximum Gasteiger partial charge on any atom is 0.253 e. The van der Waals surface area contributed by atoms with Gasteiger partial charge in [0.15, 0.2) is 0 Å². The highest BCUT2D eigenvalue weighted by molar-refractivity contribution is 5.94. The molecule has 1 heterocycles. The van der Waals surface area contributed by atoms with Gasteiger partial charge in [-0.25, -0.2) is 4.98 Å². The van der Waals surface area contributed by atoms with Gasteiger partial charge in [0.25, 0.3) is 5.91 Å². The summed E-state index contributed by atoms with van der Waals surface area (Å²) < 4.78 is 10.6. The van der Waals surface area contributed by atoms with Gasteiger partial charge in [-0.15, -0.1) is 0 Å². The lowest BCUT2D eigenvalue weighted by molar-refractivity contribution is 0.0939. The van der Waals surface area contributed by atoms with Crippen molar-refractivity contribution >= 4 is 5.91 Å². The van der Waals surface area contributed by atoms with E-state index in [0.717, 1.165) is 16.9 Å². The normalized spacial score (nSPS) is 11.7. The molecule has 0 radical (unpaired) electrons. The fraction of sp³-hybridized carbons (Fsp3) is 0.333. The Balaban J connectivity index is 2.11. The molecule has 0 aliphatic heterocycles. The molecule has 5 nitrogen and oxygen atoms in total. The monoisotopic (exact) mass is 314 g/mol. The van der Waals surface area contributed by atoms with E-state index >= 15 is 0 Å². The highest BCUT2D eigenvalue weighted by Crippen LogP contribution is 2.26. The Morgan fingerprint density at radius 3 is 2.70 bits per heavy atom. The van der Waals surface area contributed by atoms with E-state index in [1.165, 1.54) is 6.20 Å². The molecule has 5 heteroatoms. The average molecular weight is 314 g/mol. The Morgan fingerprint density at radius 1 is 1.30 bits per heavy atom. The highest BCUT2D eigenvalue weighted by atomic mass is 16.5. The van der Waals surface area contributed by atoms with Gasteiger partial charge < -0.3 is 14.8 Å². The molecule has 2 rings (SSSR count). The molecule has 122 valence electrons. The standard InChI is InChI=1S/C18H22N2O3/c1-5-23-17-9-7-14(11-19-17)18(21)20-13(3)15-10-12(2)6-8-16(15)22-4/h6-11,13H,5H2,1-4H3,(H,20,21)/t13-/m0/s1. The van der Waals surface area contributed by atoms with Gasteiger partial charge in [0.1, 0.15) is 5.75 Å². The second kappa shape index (κ2) is 7.63. The van der Waals surface area contributed by atoms with Gasteiger partial charge in [0.05, 0.1) is 25.3 Å². The van der Waals surface area contributed by atoms with Crippen LogP contribution in [-0.4, -0.2) is 24.6 Å². The number of ether oxygens (including phenoxy) is 2. The van der Waals surface area contributed by atoms with E-state index in [9.17, 15) is 4.79 Å². The number of amides is 1. The summed E-state index contributed by atoms with van der Waals surface area (Å²) in [6, 6.07) is 9.12. The zero-order valence-corrected chi connectivity index (χ0v) is 13.9. The molecule has 1 aromatic carbocycles. The summed E-state index contributed by atoms with van der Waals surface area (Å²) in [6.45, 7) is 6.37. The lowest BCUT2D eigenvalue weighted by Crippen LogP contribution is -2.27. The summed E-state index contributed by atoms with van der Waals surface area (Å²) in [5.74, 6) is 1.09. The molecule has 0 aliphatic carbocycles. The molecule has 23 heavy (non-hydrogen) atoms. The van der Waals surface area contributed by atoms with E-state index in [0.29, 0.717) is 18.1 Å². The van der Waals surface area contributed by atoms with Crippen LogP contribution in [0.4, 0.5) is 0 Å². The first-order chi connectivity index (χ1) is 11.0. The number of carbonyl (C=O) groups is 1. The van der Waals surface area contributed by atoms with E-state index < -0.39 is 0 Å². The van der Waals surface area contributed by atoms with Crippen molar-refractivity contribution in [1.82, 2.24) is 10.3 Å². The largest absolute Gasteiger partial charge is 0.496 e. The zero-order chi connectivity index (χ0) is 16.8. The molecule has 0 unspecified atom stereocenters. The van der Waals surface area contributed by atoms with Gasteiger partial charge in [-0.3, -0.25) is 4.79 Å². The van der Waals surface area contributed by atoms with Crippen molar-refractivity contribution in [3.63, 3.8) is 0 Å². The molecule has 1 amide bonds. The van der Waals surface area contributed by atoms with Crippen LogP contribution in [0.1, 0.15) is 41.4 Å². The number of aryl methyl sites for hydroxylation is 1. The van der Waals surface area contributed by atoms with E-state index in [1.54, 1.807) is 19.2 Å². The number of methoxy groups -OCH3 is 1. The fourth-order valence-electron chi connectivity index (χ4n) is 2.30. The van der Waals surface area contributed by atoms with Crippen molar-refractivity contribution in [2.45, 2.75) is 26.8 Å². The maximum atomic E-state index is 12.3. The number of hydrogen-bond acceptors (Lipinski definition) is 4. The van der Waals surface area contributed by atoms with Crippen molar-refractivity contribution in [2.24, 2.45) is 0 Å². The Hall–Kier alpha value is -2.56. The first-order valence-electron chi connectivity index (χ1n) is 7.59. The van der Waals surface area contributed by atoms with E-state index in [1.807, 2.05) is 39.0 Å². The Labute approximate surface area is 136 Å². The van der Waals surface area contributed by atoms with Crippen LogP contribution >= 0.6 is 0 Å². The molecule has 0 aliphatic rings.